The van der Waals surface area contributed by atoms with Gasteiger partial charge in [-0.25, -0.2) is 4.98 Å². The summed E-state index contributed by atoms with van der Waals surface area (Å²) in [6.45, 7) is 2.07. The molecule has 3 rings (SSSR count). The average Bonchev–Trinajstić information content (AvgIpc) is 2.55. The van der Waals surface area contributed by atoms with Crippen LogP contribution in [0, 0.1) is 6.92 Å². The number of benzene rings is 2. The molecule has 22 heavy (non-hydrogen) atoms. The number of nitrogens with two attached hydrogens (primary N) is 1. The number of hydrogen-bond acceptors (Lipinski definition) is 4. The molecule has 0 aliphatic rings. The minimum absolute atomic E-state index is 0.746. The number of nitrogens with zero attached hydrogens (tertiary/aromatic N) is 1. The highest BCUT2D eigenvalue weighted by Crippen LogP contribution is 2.29. The van der Waals surface area contributed by atoms with Crippen molar-refractivity contribution >= 4 is 17.2 Å². The predicted molar refractivity (Wildman–Crippen MR) is 91.9 cm³/mol. The lowest BCUT2D eigenvalue weighted by molar-refractivity contribution is 1.27. The van der Waals surface area contributed by atoms with Crippen molar-refractivity contribution in [1.29, 1.82) is 0 Å². The molecule has 1 aromatic heterocycles. The number of para-hydroxylation sites is 1. The standard InChI is InChI=1S/C18H18N4/c1-13-6-5-7-14(10-13)16-12-20-18(11-17(16)22-19)21-15-8-3-2-4-9-15/h2-12H,19H2,1H3,(H2,20,21,22). The van der Waals surface area contributed by atoms with Crippen LogP contribution < -0.4 is 16.6 Å². The zero-order valence-electron chi connectivity index (χ0n) is 12.4. The molecule has 2 aromatic carbocycles. The van der Waals surface area contributed by atoms with Gasteiger partial charge in [0.1, 0.15) is 5.82 Å². The molecular formula is C18H18N4. The number of aromatic nitrogens is 1. The molecule has 0 saturated carbocycles. The molecule has 0 unspecified atom stereocenters. The van der Waals surface area contributed by atoms with Crippen LogP contribution in [0.25, 0.3) is 11.1 Å². The van der Waals surface area contributed by atoms with Gasteiger partial charge in [-0.05, 0) is 24.6 Å². The molecule has 0 radical (unpaired) electrons. The van der Waals surface area contributed by atoms with Gasteiger partial charge in [-0.3, -0.25) is 5.84 Å². The summed E-state index contributed by atoms with van der Waals surface area (Å²) in [7, 11) is 0. The van der Waals surface area contributed by atoms with E-state index in [1.54, 1.807) is 0 Å². The fraction of sp³-hybridized carbons (Fsp3) is 0.0556. The first-order valence-electron chi connectivity index (χ1n) is 7.12. The Morgan fingerprint density at radius 1 is 0.955 bits per heavy atom. The summed E-state index contributed by atoms with van der Waals surface area (Å²) in [6, 6.07) is 20.1. The van der Waals surface area contributed by atoms with Crippen molar-refractivity contribution in [2.75, 3.05) is 10.7 Å². The Kier molecular flexibility index (Phi) is 4.03. The monoisotopic (exact) mass is 290 g/mol. The maximum Gasteiger partial charge on any atom is 0.132 e. The minimum atomic E-state index is 0.746. The highest BCUT2D eigenvalue weighted by molar-refractivity contribution is 5.79. The van der Waals surface area contributed by atoms with Crippen LogP contribution in [0.15, 0.2) is 66.9 Å². The van der Waals surface area contributed by atoms with E-state index in [4.69, 9.17) is 5.84 Å². The van der Waals surface area contributed by atoms with E-state index in [0.29, 0.717) is 0 Å². The van der Waals surface area contributed by atoms with Crippen LogP contribution in [0.2, 0.25) is 0 Å². The summed E-state index contributed by atoms with van der Waals surface area (Å²) in [4.78, 5) is 4.48. The van der Waals surface area contributed by atoms with E-state index >= 15 is 0 Å². The lowest BCUT2D eigenvalue weighted by Gasteiger charge is -2.12. The van der Waals surface area contributed by atoms with Gasteiger partial charge in [-0.1, -0.05) is 48.0 Å². The van der Waals surface area contributed by atoms with Gasteiger partial charge < -0.3 is 10.7 Å². The van der Waals surface area contributed by atoms with Crippen molar-refractivity contribution < 1.29 is 0 Å². The van der Waals surface area contributed by atoms with Crippen LogP contribution in [-0.2, 0) is 0 Å². The van der Waals surface area contributed by atoms with Gasteiger partial charge in [0.15, 0.2) is 0 Å². The third-order valence-electron chi connectivity index (χ3n) is 3.43. The topological polar surface area (TPSA) is 63.0 Å². The average molecular weight is 290 g/mol. The fourth-order valence-electron chi connectivity index (χ4n) is 2.36. The number of anilines is 3. The molecule has 110 valence electrons. The number of rotatable bonds is 4. The third kappa shape index (κ3) is 3.07. The molecule has 0 aliphatic carbocycles. The number of pyridine rings is 1. The van der Waals surface area contributed by atoms with E-state index in [-0.39, 0.29) is 0 Å². The first-order chi connectivity index (χ1) is 10.8. The number of nitrogens with one attached hydrogen (secondary N) is 2. The van der Waals surface area contributed by atoms with Crippen molar-refractivity contribution in [3.8, 4) is 11.1 Å². The zero-order valence-corrected chi connectivity index (χ0v) is 12.4. The first kappa shape index (κ1) is 14.1. The van der Waals surface area contributed by atoms with Crippen molar-refractivity contribution in [3.63, 3.8) is 0 Å². The number of aryl methyl sites for hydroxylation is 1. The number of hydrazine groups is 1. The second kappa shape index (κ2) is 6.28. The molecule has 0 atom stereocenters. The highest BCUT2D eigenvalue weighted by Gasteiger charge is 2.07. The molecule has 4 nitrogen and oxygen atoms in total. The molecule has 4 heteroatoms. The SMILES string of the molecule is Cc1cccc(-c2cnc(Nc3ccccc3)cc2NN)c1. The fourth-order valence-corrected chi connectivity index (χ4v) is 2.36. The van der Waals surface area contributed by atoms with E-state index in [2.05, 4.69) is 40.8 Å². The molecule has 0 amide bonds. The first-order valence-corrected chi connectivity index (χ1v) is 7.12. The quantitative estimate of drug-likeness (QED) is 0.500. The van der Waals surface area contributed by atoms with Crippen LogP contribution in [0.3, 0.4) is 0 Å². The predicted octanol–water partition coefficient (Wildman–Crippen LogP) is 4.09. The van der Waals surface area contributed by atoms with E-state index in [9.17, 15) is 0 Å². The Labute approximate surface area is 130 Å². The van der Waals surface area contributed by atoms with Crippen LogP contribution in [-0.4, -0.2) is 4.98 Å². The van der Waals surface area contributed by atoms with Crippen LogP contribution >= 0.6 is 0 Å². The van der Waals surface area contributed by atoms with Gasteiger partial charge in [0.2, 0.25) is 0 Å². The molecule has 4 N–H and O–H groups in total. The summed E-state index contributed by atoms with van der Waals surface area (Å²) >= 11 is 0. The highest BCUT2D eigenvalue weighted by atomic mass is 15.2. The molecule has 0 spiro atoms. The summed E-state index contributed by atoms with van der Waals surface area (Å²) in [5, 5.41) is 3.26. The molecule has 0 fully saturated rings. The molecule has 1 heterocycles. The van der Waals surface area contributed by atoms with Gasteiger partial charge in [-0.2, -0.15) is 0 Å². The molecule has 0 bridgehead atoms. The largest absolute Gasteiger partial charge is 0.340 e. The Bertz CT molecular complexity index is 769. The summed E-state index contributed by atoms with van der Waals surface area (Å²) in [5.74, 6) is 6.43. The zero-order chi connectivity index (χ0) is 15.4. The molecule has 0 saturated heterocycles. The Morgan fingerprint density at radius 3 is 2.50 bits per heavy atom. The minimum Gasteiger partial charge on any atom is -0.340 e. The van der Waals surface area contributed by atoms with Crippen molar-refractivity contribution in [3.05, 3.63) is 72.4 Å². The number of hydrogen-bond donors (Lipinski definition) is 3. The maximum absolute atomic E-state index is 5.68. The van der Waals surface area contributed by atoms with Crippen molar-refractivity contribution in [2.24, 2.45) is 5.84 Å². The number of nitrogen functional groups attached to an aromatic ring is 1. The van der Waals surface area contributed by atoms with Gasteiger partial charge in [-0.15, -0.1) is 0 Å². The van der Waals surface area contributed by atoms with E-state index in [1.165, 1.54) is 5.56 Å². The Hall–Kier alpha value is -2.85. The summed E-state index contributed by atoms with van der Waals surface area (Å²) < 4.78 is 0. The van der Waals surface area contributed by atoms with Crippen LogP contribution in [0.4, 0.5) is 17.2 Å². The normalized spacial score (nSPS) is 10.3. The third-order valence-corrected chi connectivity index (χ3v) is 3.43. The molecule has 3 aromatic rings. The van der Waals surface area contributed by atoms with Gasteiger partial charge in [0.05, 0.1) is 5.69 Å². The Balaban J connectivity index is 1.94. The van der Waals surface area contributed by atoms with Crippen LogP contribution in [0.1, 0.15) is 5.56 Å². The van der Waals surface area contributed by atoms with Gasteiger partial charge in [0.25, 0.3) is 0 Å². The van der Waals surface area contributed by atoms with Crippen molar-refractivity contribution in [2.45, 2.75) is 6.92 Å². The van der Waals surface area contributed by atoms with Gasteiger partial charge >= 0.3 is 0 Å². The smallest absolute Gasteiger partial charge is 0.132 e. The Morgan fingerprint density at radius 2 is 1.77 bits per heavy atom. The van der Waals surface area contributed by atoms with Crippen molar-refractivity contribution in [1.82, 2.24) is 4.98 Å². The maximum atomic E-state index is 5.68. The second-order valence-corrected chi connectivity index (χ2v) is 5.12. The second-order valence-electron chi connectivity index (χ2n) is 5.12. The van der Waals surface area contributed by atoms with E-state index in [0.717, 1.165) is 28.3 Å². The van der Waals surface area contributed by atoms with E-state index in [1.807, 2.05) is 48.7 Å². The van der Waals surface area contributed by atoms with Gasteiger partial charge in [0, 0.05) is 23.5 Å². The lowest BCUT2D eigenvalue weighted by atomic mass is 10.0. The van der Waals surface area contributed by atoms with Crippen LogP contribution in [0.5, 0.6) is 0 Å². The summed E-state index contributed by atoms with van der Waals surface area (Å²) in [5.41, 5.74) is 7.85. The lowest BCUT2D eigenvalue weighted by Crippen LogP contribution is -2.09. The summed E-state index contributed by atoms with van der Waals surface area (Å²) in [6.07, 6.45) is 1.83. The van der Waals surface area contributed by atoms with E-state index < -0.39 is 0 Å². The molecular weight excluding hydrogens is 272 g/mol. The molecule has 0 aliphatic heterocycles.